The van der Waals surface area contributed by atoms with Gasteiger partial charge in [-0.05, 0) is 12.1 Å². The number of nitrogens with one attached hydrogen (secondary N) is 1. The fourth-order valence-electron chi connectivity index (χ4n) is 2.24. The van der Waals surface area contributed by atoms with E-state index in [-0.39, 0.29) is 0 Å². The highest BCUT2D eigenvalue weighted by molar-refractivity contribution is 6.29. The van der Waals surface area contributed by atoms with Gasteiger partial charge in [0.05, 0.1) is 0 Å². The van der Waals surface area contributed by atoms with E-state index in [2.05, 4.69) is 15.2 Å². The molecule has 0 saturated carbocycles. The third-order valence-corrected chi connectivity index (χ3v) is 3.33. The molecular weight excluding hydrogens is 198 g/mol. The Hall–Kier alpha value is -0.800. The zero-order valence-electron chi connectivity index (χ0n) is 7.83. The first kappa shape index (κ1) is 8.50. The molecule has 1 aromatic rings. The van der Waals surface area contributed by atoms with E-state index in [1.54, 1.807) is 6.20 Å². The number of rotatable bonds is 1. The molecule has 0 radical (unpaired) electrons. The minimum absolute atomic E-state index is 0.565. The van der Waals surface area contributed by atoms with Gasteiger partial charge in [-0.2, -0.15) is 0 Å². The summed E-state index contributed by atoms with van der Waals surface area (Å²) in [6, 6.07) is 3.95. The second-order valence-electron chi connectivity index (χ2n) is 4.30. The maximum atomic E-state index is 5.84. The van der Waals surface area contributed by atoms with Crippen LogP contribution < -0.4 is 10.2 Å². The molecule has 2 aliphatic heterocycles. The van der Waals surface area contributed by atoms with E-state index < -0.39 is 0 Å². The van der Waals surface area contributed by atoms with Gasteiger partial charge in [-0.3, -0.25) is 0 Å². The Morgan fingerprint density at radius 3 is 2.79 bits per heavy atom. The Kier molecular flexibility index (Phi) is 1.73. The van der Waals surface area contributed by atoms with Crippen molar-refractivity contribution >= 4 is 17.3 Å². The van der Waals surface area contributed by atoms with E-state index in [1.807, 2.05) is 12.1 Å². The van der Waals surface area contributed by atoms with Crippen LogP contribution in [-0.4, -0.2) is 31.2 Å². The maximum absolute atomic E-state index is 5.84. The van der Waals surface area contributed by atoms with Gasteiger partial charge < -0.3 is 10.2 Å². The van der Waals surface area contributed by atoms with Crippen LogP contribution in [0.25, 0.3) is 0 Å². The van der Waals surface area contributed by atoms with Crippen molar-refractivity contribution in [1.82, 2.24) is 10.3 Å². The standard InChI is InChI=1S/C10H12ClN3/c11-9-3-8(1-2-13-9)14-6-10(7-14)4-12-5-10/h1-3,12H,4-7H2. The molecule has 74 valence electrons. The zero-order chi connectivity index (χ0) is 9.60. The summed E-state index contributed by atoms with van der Waals surface area (Å²) in [6.07, 6.45) is 1.77. The Morgan fingerprint density at radius 1 is 1.43 bits per heavy atom. The predicted octanol–water partition coefficient (Wildman–Crippen LogP) is 1.14. The Morgan fingerprint density at radius 2 is 2.21 bits per heavy atom. The molecular formula is C10H12ClN3. The van der Waals surface area contributed by atoms with Crippen molar-refractivity contribution < 1.29 is 0 Å². The summed E-state index contributed by atoms with van der Waals surface area (Å²) in [5.41, 5.74) is 1.76. The monoisotopic (exact) mass is 209 g/mol. The molecule has 3 rings (SSSR count). The SMILES string of the molecule is Clc1cc(N2CC3(CNC3)C2)ccn1. The number of anilines is 1. The van der Waals surface area contributed by atoms with Crippen molar-refractivity contribution in [2.75, 3.05) is 31.1 Å². The van der Waals surface area contributed by atoms with Crippen LogP contribution in [0.3, 0.4) is 0 Å². The minimum atomic E-state index is 0.565. The molecule has 1 N–H and O–H groups in total. The predicted molar refractivity (Wildman–Crippen MR) is 56.8 cm³/mol. The smallest absolute Gasteiger partial charge is 0.131 e. The van der Waals surface area contributed by atoms with Crippen molar-refractivity contribution in [1.29, 1.82) is 0 Å². The molecule has 0 aliphatic carbocycles. The first-order valence-electron chi connectivity index (χ1n) is 4.85. The van der Waals surface area contributed by atoms with Crippen molar-refractivity contribution in [3.05, 3.63) is 23.5 Å². The minimum Gasteiger partial charge on any atom is -0.370 e. The lowest BCUT2D eigenvalue weighted by atomic mass is 9.74. The lowest BCUT2D eigenvalue weighted by molar-refractivity contribution is 0.121. The Bertz CT molecular complexity index is 354. The molecule has 1 spiro atoms. The number of hydrogen-bond donors (Lipinski definition) is 1. The molecule has 0 bridgehead atoms. The number of pyridine rings is 1. The highest BCUT2D eigenvalue weighted by atomic mass is 35.5. The summed E-state index contributed by atoms with van der Waals surface area (Å²) in [5, 5.41) is 3.90. The highest BCUT2D eigenvalue weighted by Crippen LogP contribution is 2.37. The summed E-state index contributed by atoms with van der Waals surface area (Å²) in [5.74, 6) is 0. The van der Waals surface area contributed by atoms with Gasteiger partial charge in [0.1, 0.15) is 5.15 Å². The lowest BCUT2D eigenvalue weighted by Gasteiger charge is -2.57. The van der Waals surface area contributed by atoms with Crippen LogP contribution >= 0.6 is 11.6 Å². The molecule has 0 amide bonds. The zero-order valence-corrected chi connectivity index (χ0v) is 8.59. The van der Waals surface area contributed by atoms with E-state index in [0.29, 0.717) is 10.6 Å². The van der Waals surface area contributed by atoms with Crippen LogP contribution in [0.15, 0.2) is 18.3 Å². The molecule has 0 unspecified atom stereocenters. The molecule has 1 aromatic heterocycles. The Labute approximate surface area is 88.1 Å². The Balaban J connectivity index is 1.73. The topological polar surface area (TPSA) is 28.2 Å². The van der Waals surface area contributed by atoms with Crippen LogP contribution in [0.2, 0.25) is 5.15 Å². The number of halogens is 1. The van der Waals surface area contributed by atoms with E-state index in [1.165, 1.54) is 18.8 Å². The van der Waals surface area contributed by atoms with E-state index >= 15 is 0 Å². The number of nitrogens with zero attached hydrogens (tertiary/aromatic N) is 2. The van der Waals surface area contributed by atoms with Gasteiger partial charge >= 0.3 is 0 Å². The molecule has 0 aromatic carbocycles. The third-order valence-electron chi connectivity index (χ3n) is 3.13. The first-order chi connectivity index (χ1) is 6.77. The lowest BCUT2D eigenvalue weighted by Crippen LogP contribution is -2.71. The molecule has 2 fully saturated rings. The van der Waals surface area contributed by atoms with Gasteiger partial charge in [0, 0.05) is 43.5 Å². The van der Waals surface area contributed by atoms with Gasteiger partial charge in [-0.1, -0.05) is 11.6 Å². The van der Waals surface area contributed by atoms with Crippen molar-refractivity contribution in [3.63, 3.8) is 0 Å². The van der Waals surface area contributed by atoms with E-state index in [4.69, 9.17) is 11.6 Å². The van der Waals surface area contributed by atoms with Gasteiger partial charge in [-0.15, -0.1) is 0 Å². The van der Waals surface area contributed by atoms with Gasteiger partial charge in [0.2, 0.25) is 0 Å². The number of hydrogen-bond acceptors (Lipinski definition) is 3. The first-order valence-corrected chi connectivity index (χ1v) is 5.23. The molecule has 14 heavy (non-hydrogen) atoms. The fraction of sp³-hybridized carbons (Fsp3) is 0.500. The number of aromatic nitrogens is 1. The normalized spacial score (nSPS) is 23.1. The summed E-state index contributed by atoms with van der Waals surface area (Å²) in [6.45, 7) is 4.64. The van der Waals surface area contributed by atoms with E-state index in [9.17, 15) is 0 Å². The van der Waals surface area contributed by atoms with Crippen molar-refractivity contribution in [2.45, 2.75) is 0 Å². The van der Waals surface area contributed by atoms with Gasteiger partial charge in [0.25, 0.3) is 0 Å². The van der Waals surface area contributed by atoms with Crippen LogP contribution in [0, 0.1) is 5.41 Å². The molecule has 3 nitrogen and oxygen atoms in total. The molecule has 2 aliphatic rings. The average Bonchev–Trinajstić information content (AvgIpc) is 1.98. The third kappa shape index (κ3) is 1.20. The van der Waals surface area contributed by atoms with Crippen molar-refractivity contribution in [2.24, 2.45) is 5.41 Å². The molecule has 3 heterocycles. The summed E-state index contributed by atoms with van der Waals surface area (Å²) in [4.78, 5) is 6.33. The summed E-state index contributed by atoms with van der Waals surface area (Å²) < 4.78 is 0. The summed E-state index contributed by atoms with van der Waals surface area (Å²) >= 11 is 5.84. The molecule has 4 heteroatoms. The van der Waals surface area contributed by atoms with Crippen LogP contribution in [0.5, 0.6) is 0 Å². The quantitative estimate of drug-likeness (QED) is 0.704. The maximum Gasteiger partial charge on any atom is 0.131 e. The van der Waals surface area contributed by atoms with Crippen molar-refractivity contribution in [3.8, 4) is 0 Å². The molecule has 0 atom stereocenters. The summed E-state index contributed by atoms with van der Waals surface area (Å²) in [7, 11) is 0. The second kappa shape index (κ2) is 2.84. The van der Waals surface area contributed by atoms with Crippen LogP contribution in [0.4, 0.5) is 5.69 Å². The van der Waals surface area contributed by atoms with E-state index in [0.717, 1.165) is 13.1 Å². The van der Waals surface area contributed by atoms with Crippen LogP contribution in [0.1, 0.15) is 0 Å². The van der Waals surface area contributed by atoms with Gasteiger partial charge in [0.15, 0.2) is 0 Å². The average molecular weight is 210 g/mol. The molecule has 2 saturated heterocycles. The highest BCUT2D eigenvalue weighted by Gasteiger charge is 2.47. The largest absolute Gasteiger partial charge is 0.370 e. The van der Waals surface area contributed by atoms with Crippen LogP contribution in [-0.2, 0) is 0 Å². The second-order valence-corrected chi connectivity index (χ2v) is 4.68. The fourth-order valence-corrected chi connectivity index (χ4v) is 2.41. The van der Waals surface area contributed by atoms with Gasteiger partial charge in [-0.25, -0.2) is 4.98 Å².